The van der Waals surface area contributed by atoms with Gasteiger partial charge in [0.1, 0.15) is 15.7 Å². The zero-order valence-electron chi connectivity index (χ0n) is 22.2. The van der Waals surface area contributed by atoms with Gasteiger partial charge in [-0.05, 0) is 81.0 Å². The van der Waals surface area contributed by atoms with Crippen LogP contribution < -0.4 is 10.6 Å². The molecule has 1 fully saturated rings. The molecule has 1 aliphatic rings. The Bertz CT molecular complexity index is 1540. The summed E-state index contributed by atoms with van der Waals surface area (Å²) < 4.78 is 38.9. The Balaban J connectivity index is 1.64. The molecule has 2 N–H and O–H groups in total. The second-order valence-electron chi connectivity index (χ2n) is 10.00. The Labute approximate surface area is 226 Å². The number of nitrogens with zero attached hydrogens (tertiary/aromatic N) is 2. The molecule has 9 nitrogen and oxygen atoms in total. The average molecular weight is 555 g/mol. The third kappa shape index (κ3) is 5.93. The van der Waals surface area contributed by atoms with Crippen LogP contribution in [0.15, 0.2) is 42.6 Å². The van der Waals surface area contributed by atoms with Crippen molar-refractivity contribution < 1.29 is 27.2 Å². The van der Waals surface area contributed by atoms with Gasteiger partial charge in [0.05, 0.1) is 27.9 Å². The number of aryl methyl sites for hydroxylation is 1. The number of sulfone groups is 1. The van der Waals surface area contributed by atoms with E-state index in [2.05, 4.69) is 15.6 Å². The summed E-state index contributed by atoms with van der Waals surface area (Å²) in [6.07, 6.45) is 4.50. The normalized spacial score (nSPS) is 17.5. The van der Waals surface area contributed by atoms with Crippen LogP contribution in [0.1, 0.15) is 57.7 Å². The van der Waals surface area contributed by atoms with Crippen LogP contribution in [0.5, 0.6) is 0 Å². The Hall–Kier alpha value is -3.86. The molecule has 206 valence electrons. The first-order chi connectivity index (χ1) is 18.4. The van der Waals surface area contributed by atoms with Crippen molar-refractivity contribution in [3.05, 3.63) is 70.8 Å². The molecule has 0 saturated heterocycles. The quantitative estimate of drug-likeness (QED) is 0.338. The van der Waals surface area contributed by atoms with Crippen LogP contribution in [0.4, 0.5) is 10.1 Å². The molecule has 0 aliphatic heterocycles. The van der Waals surface area contributed by atoms with E-state index >= 15 is 0 Å². The summed E-state index contributed by atoms with van der Waals surface area (Å²) in [7, 11) is -1.57. The van der Waals surface area contributed by atoms with Crippen molar-refractivity contribution in [2.75, 3.05) is 11.6 Å². The zero-order chi connectivity index (χ0) is 28.5. The second-order valence-corrected chi connectivity index (χ2v) is 12.3. The van der Waals surface area contributed by atoms with Gasteiger partial charge < -0.3 is 15.2 Å². The molecule has 0 atom stereocenters. The predicted octanol–water partition coefficient (Wildman–Crippen LogP) is 3.75. The first-order valence-electron chi connectivity index (χ1n) is 12.6. The van der Waals surface area contributed by atoms with Gasteiger partial charge in [-0.3, -0.25) is 19.4 Å². The molecule has 1 aliphatic carbocycles. The van der Waals surface area contributed by atoms with Gasteiger partial charge >= 0.3 is 0 Å². The number of benzene rings is 1. The fraction of sp³-hybridized carbons (Fsp3) is 0.357. The first kappa shape index (κ1) is 28.2. The first-order valence-corrected chi connectivity index (χ1v) is 14.6. The highest BCUT2D eigenvalue weighted by molar-refractivity contribution is 7.91. The van der Waals surface area contributed by atoms with Crippen LogP contribution in [-0.4, -0.2) is 53.1 Å². The molecule has 2 heterocycles. The summed E-state index contributed by atoms with van der Waals surface area (Å²) in [6, 6.07) is 9.04. The maximum absolute atomic E-state index is 13.7. The summed E-state index contributed by atoms with van der Waals surface area (Å²) in [5.74, 6) is -2.57. The molecule has 1 saturated carbocycles. The number of amides is 2. The standard InChI is InChI=1S/C28H31FN4O5S/c1-16-15-19(10-13-21(16)29)32-27(35)23-17(2)24(33(3)25(23)22-7-5-6-14-30-22)26(34)28(36)31-18-8-11-20(12-9-18)39(4,37)38/h5-7,10,13-15,18,20H,8-9,11-12H2,1-4H3,(H,31,36)(H,32,35)/t18-,20+. The molecule has 0 bridgehead atoms. The molecule has 11 heteroatoms. The Morgan fingerprint density at radius 1 is 1.05 bits per heavy atom. The number of ketones is 1. The Morgan fingerprint density at radius 2 is 1.74 bits per heavy atom. The van der Waals surface area contributed by atoms with Crippen molar-refractivity contribution in [2.24, 2.45) is 7.05 Å². The number of carbonyl (C=O) groups excluding carboxylic acids is 3. The van der Waals surface area contributed by atoms with Crippen molar-refractivity contribution in [1.29, 1.82) is 0 Å². The van der Waals surface area contributed by atoms with Crippen LogP contribution in [0.25, 0.3) is 11.4 Å². The van der Waals surface area contributed by atoms with E-state index in [1.54, 1.807) is 45.3 Å². The maximum Gasteiger partial charge on any atom is 0.294 e. The van der Waals surface area contributed by atoms with Gasteiger partial charge in [-0.25, -0.2) is 12.8 Å². The molecular formula is C28H31FN4O5S. The minimum Gasteiger partial charge on any atom is -0.346 e. The minimum atomic E-state index is -3.16. The smallest absolute Gasteiger partial charge is 0.294 e. The summed E-state index contributed by atoms with van der Waals surface area (Å²) in [6.45, 7) is 3.18. The highest BCUT2D eigenvalue weighted by Crippen LogP contribution is 2.31. The number of anilines is 1. The highest BCUT2D eigenvalue weighted by Gasteiger charge is 2.33. The van der Waals surface area contributed by atoms with Gasteiger partial charge in [-0.2, -0.15) is 0 Å². The van der Waals surface area contributed by atoms with E-state index in [4.69, 9.17) is 0 Å². The number of aromatic nitrogens is 2. The number of carbonyl (C=O) groups is 3. The summed E-state index contributed by atoms with van der Waals surface area (Å²) in [5.41, 5.74) is 2.04. The van der Waals surface area contributed by atoms with E-state index in [1.807, 2.05) is 0 Å². The van der Waals surface area contributed by atoms with Gasteiger partial charge in [0, 0.05) is 31.2 Å². The second kappa shape index (κ2) is 11.1. The van der Waals surface area contributed by atoms with E-state index in [1.165, 1.54) is 29.0 Å². The van der Waals surface area contributed by atoms with Crippen LogP contribution in [0.3, 0.4) is 0 Å². The number of rotatable bonds is 7. The number of Topliss-reactive ketones (excluding diaryl/α,β-unsaturated/α-hetero) is 1. The molecule has 1 aromatic carbocycles. The lowest BCUT2D eigenvalue weighted by Crippen LogP contribution is -2.43. The minimum absolute atomic E-state index is 0.0402. The van der Waals surface area contributed by atoms with Gasteiger partial charge in [0.25, 0.3) is 17.6 Å². The predicted molar refractivity (Wildman–Crippen MR) is 146 cm³/mol. The molecule has 0 unspecified atom stereocenters. The van der Waals surface area contributed by atoms with E-state index in [9.17, 15) is 27.2 Å². The van der Waals surface area contributed by atoms with Gasteiger partial charge in [0.15, 0.2) is 0 Å². The van der Waals surface area contributed by atoms with Gasteiger partial charge in [-0.1, -0.05) is 6.07 Å². The van der Waals surface area contributed by atoms with Crippen LogP contribution in [0, 0.1) is 19.7 Å². The lowest BCUT2D eigenvalue weighted by Gasteiger charge is -2.27. The van der Waals surface area contributed by atoms with E-state index in [-0.39, 0.29) is 17.3 Å². The fourth-order valence-corrected chi connectivity index (χ4v) is 6.27. The van der Waals surface area contributed by atoms with Gasteiger partial charge in [0.2, 0.25) is 0 Å². The lowest BCUT2D eigenvalue weighted by molar-refractivity contribution is -0.117. The molecule has 39 heavy (non-hydrogen) atoms. The monoisotopic (exact) mass is 554 g/mol. The van der Waals surface area contributed by atoms with Crippen LogP contribution in [-0.2, 0) is 21.7 Å². The molecule has 2 aromatic heterocycles. The van der Waals surface area contributed by atoms with Crippen molar-refractivity contribution in [2.45, 2.75) is 50.8 Å². The Morgan fingerprint density at radius 3 is 2.33 bits per heavy atom. The fourth-order valence-electron chi connectivity index (χ4n) is 5.14. The molecular weight excluding hydrogens is 523 g/mol. The van der Waals surface area contributed by atoms with Crippen molar-refractivity contribution in [1.82, 2.24) is 14.9 Å². The van der Waals surface area contributed by atoms with Crippen LogP contribution >= 0.6 is 0 Å². The van der Waals surface area contributed by atoms with Crippen molar-refractivity contribution in [3.8, 4) is 11.4 Å². The number of nitrogens with one attached hydrogen (secondary N) is 2. The summed E-state index contributed by atoms with van der Waals surface area (Å²) in [4.78, 5) is 44.3. The van der Waals surface area contributed by atoms with Gasteiger partial charge in [-0.15, -0.1) is 0 Å². The van der Waals surface area contributed by atoms with Crippen LogP contribution in [0.2, 0.25) is 0 Å². The maximum atomic E-state index is 13.7. The number of pyridine rings is 1. The number of hydrogen-bond acceptors (Lipinski definition) is 6. The van der Waals surface area contributed by atoms with E-state index in [0.717, 1.165) is 0 Å². The molecule has 2 amide bonds. The number of halogens is 1. The largest absolute Gasteiger partial charge is 0.346 e. The summed E-state index contributed by atoms with van der Waals surface area (Å²) in [5, 5.41) is 5.06. The molecule has 0 spiro atoms. The third-order valence-corrected chi connectivity index (χ3v) is 8.91. The van der Waals surface area contributed by atoms with E-state index < -0.39 is 38.5 Å². The van der Waals surface area contributed by atoms with Crippen molar-refractivity contribution >= 4 is 33.1 Å². The Kier molecular flexibility index (Phi) is 8.01. The van der Waals surface area contributed by atoms with Crippen molar-refractivity contribution in [3.63, 3.8) is 0 Å². The molecule has 0 radical (unpaired) electrons. The number of hydrogen-bond donors (Lipinski definition) is 2. The molecule has 4 rings (SSSR count). The SMILES string of the molecule is Cc1cc(NC(=O)c2c(C)c(C(=O)C(=O)N[C@H]3CC[C@@H](S(C)(=O)=O)CC3)n(C)c2-c2ccccn2)ccc1F. The summed E-state index contributed by atoms with van der Waals surface area (Å²) >= 11 is 0. The third-order valence-electron chi connectivity index (χ3n) is 7.22. The topological polar surface area (TPSA) is 127 Å². The lowest BCUT2D eigenvalue weighted by atomic mass is 9.94. The molecule has 3 aromatic rings. The highest BCUT2D eigenvalue weighted by atomic mass is 32.2. The average Bonchev–Trinajstić information content (AvgIpc) is 3.15. The van der Waals surface area contributed by atoms with E-state index in [0.29, 0.717) is 53.9 Å². The zero-order valence-corrected chi connectivity index (χ0v) is 23.1.